The van der Waals surface area contributed by atoms with E-state index < -0.39 is 40.4 Å². The summed E-state index contributed by atoms with van der Waals surface area (Å²) in [5.41, 5.74) is 3.22. The van der Waals surface area contributed by atoms with Gasteiger partial charge in [0, 0.05) is 24.2 Å². The molecule has 254 valence electrons. The van der Waals surface area contributed by atoms with Crippen LogP contribution in [0, 0.1) is 26.8 Å². The molecule has 0 aliphatic heterocycles. The van der Waals surface area contributed by atoms with Crippen LogP contribution < -0.4 is 0 Å². The first-order chi connectivity index (χ1) is 20.8. The molecule has 3 aromatic rings. The molecular formula is C41H66Si5Ti. The van der Waals surface area contributed by atoms with E-state index >= 15 is 0 Å². The Morgan fingerprint density at radius 2 is 0.702 bits per heavy atom. The third-order valence-electron chi connectivity index (χ3n) is 8.22. The van der Waals surface area contributed by atoms with Gasteiger partial charge in [-0.15, -0.1) is 36.4 Å². The molecule has 0 nitrogen and oxygen atoms in total. The maximum Gasteiger partial charge on any atom is 4.00 e. The molecule has 1 aliphatic carbocycles. The van der Waals surface area contributed by atoms with E-state index in [1.807, 2.05) is 101 Å². The van der Waals surface area contributed by atoms with Gasteiger partial charge in [0.05, 0.1) is 8.07 Å². The van der Waals surface area contributed by atoms with Crippen LogP contribution in [0.1, 0.15) is 16.7 Å². The van der Waals surface area contributed by atoms with Crippen molar-refractivity contribution >= 4 is 40.4 Å². The predicted molar refractivity (Wildman–Crippen MR) is 226 cm³/mol. The SMILES string of the molecule is C[Si](C)(C)C1=[C-]C([Si](C)(C)C)([Si](C)(C)C)C([Si](C)(C)C)=C1[Si](C)(C)C.[CH2-]c1ccccc1.[CH2-]c1ccccc1.[CH2-]c1ccccc1.[Ti+4]. The zero-order valence-corrected chi connectivity index (χ0v) is 39.3. The summed E-state index contributed by atoms with van der Waals surface area (Å²) >= 11 is 0. The van der Waals surface area contributed by atoms with Crippen LogP contribution in [0.5, 0.6) is 0 Å². The smallest absolute Gasteiger partial charge is 0.273 e. The summed E-state index contributed by atoms with van der Waals surface area (Å²) in [6.45, 7) is 50.3. The minimum Gasteiger partial charge on any atom is -0.273 e. The Labute approximate surface area is 312 Å². The van der Waals surface area contributed by atoms with E-state index in [-0.39, 0.29) is 21.7 Å². The van der Waals surface area contributed by atoms with Crippen molar-refractivity contribution in [3.05, 3.63) is 150 Å². The Bertz CT molecular complexity index is 1290. The Hall–Kier alpha value is -1.45. The Morgan fingerprint density at radius 3 is 0.851 bits per heavy atom. The van der Waals surface area contributed by atoms with Crippen LogP contribution in [0.25, 0.3) is 0 Å². The van der Waals surface area contributed by atoms with E-state index in [1.165, 1.54) is 0 Å². The summed E-state index contributed by atoms with van der Waals surface area (Å²) < 4.78 is 0.329. The van der Waals surface area contributed by atoms with Crippen LogP contribution in [0.2, 0.25) is 103 Å². The number of rotatable bonds is 5. The molecule has 6 heteroatoms. The van der Waals surface area contributed by atoms with Gasteiger partial charge in [0.25, 0.3) is 0 Å². The van der Waals surface area contributed by atoms with Crippen molar-refractivity contribution in [3.63, 3.8) is 0 Å². The van der Waals surface area contributed by atoms with Gasteiger partial charge in [0.15, 0.2) is 0 Å². The van der Waals surface area contributed by atoms with Gasteiger partial charge in [-0.25, -0.2) is 10.4 Å². The number of hydrogen-bond donors (Lipinski definition) is 0. The maximum absolute atomic E-state index is 4.43. The molecule has 0 saturated carbocycles. The first-order valence-electron chi connectivity index (χ1n) is 16.8. The van der Waals surface area contributed by atoms with Crippen LogP contribution in [0.15, 0.2) is 107 Å². The molecule has 0 amide bonds. The molecule has 47 heavy (non-hydrogen) atoms. The molecule has 0 aromatic heterocycles. The standard InChI is InChI=1S/C20H45Si5.3C7H7.Ti/c1-21(2,3)17-16-20(24(10,11)12,25(13,14)15)19(23(7,8)9)18(17)22(4,5)6;3*1-7-5-3-2-4-6-7;/h1-15H3;3*2-6H,1H2;/q4*-1;+4. The van der Waals surface area contributed by atoms with Gasteiger partial charge < -0.3 is 0 Å². The first kappa shape index (κ1) is 45.5. The maximum atomic E-state index is 4.43. The summed E-state index contributed by atoms with van der Waals surface area (Å²) in [7, 11) is -7.23. The Morgan fingerprint density at radius 1 is 0.426 bits per heavy atom. The Balaban J connectivity index is 0.000000764. The monoisotopic (exact) mass is 746 g/mol. The number of hydrogen-bond acceptors (Lipinski definition) is 0. The molecule has 1 aliphatic rings. The van der Waals surface area contributed by atoms with Crippen molar-refractivity contribution in [1.82, 2.24) is 0 Å². The molecule has 0 fully saturated rings. The quantitative estimate of drug-likeness (QED) is 0.180. The summed E-state index contributed by atoms with van der Waals surface area (Å²) in [6.07, 6.45) is 4.43. The van der Waals surface area contributed by atoms with Crippen molar-refractivity contribution in [3.8, 4) is 0 Å². The molecule has 0 heterocycles. The molecule has 0 N–H and O–H groups in total. The van der Waals surface area contributed by atoms with Crippen LogP contribution in [-0.2, 0) is 21.7 Å². The average Bonchev–Trinajstić information content (AvgIpc) is 3.32. The van der Waals surface area contributed by atoms with Gasteiger partial charge in [-0.3, -0.25) is 6.08 Å². The molecule has 3 aromatic carbocycles. The third-order valence-corrected chi connectivity index (χ3v) is 25.0. The van der Waals surface area contributed by atoms with Gasteiger partial charge in [-0.1, -0.05) is 121 Å². The van der Waals surface area contributed by atoms with E-state index in [0.29, 0.717) is 4.66 Å². The van der Waals surface area contributed by atoms with Gasteiger partial charge >= 0.3 is 21.7 Å². The minimum atomic E-state index is -1.47. The normalized spacial score (nSPS) is 14.6. The van der Waals surface area contributed by atoms with Gasteiger partial charge in [-0.05, 0) is 8.07 Å². The van der Waals surface area contributed by atoms with Crippen molar-refractivity contribution in [2.45, 2.75) is 103 Å². The second kappa shape index (κ2) is 18.0. The van der Waals surface area contributed by atoms with Crippen molar-refractivity contribution in [2.75, 3.05) is 0 Å². The van der Waals surface area contributed by atoms with E-state index in [4.69, 9.17) is 0 Å². The molecule has 0 bridgehead atoms. The number of benzene rings is 3. The van der Waals surface area contributed by atoms with Crippen LogP contribution in [-0.4, -0.2) is 40.4 Å². The fourth-order valence-electron chi connectivity index (χ4n) is 6.56. The molecule has 0 saturated heterocycles. The summed E-state index contributed by atoms with van der Waals surface area (Å²) in [5, 5.41) is 5.60. The topological polar surface area (TPSA) is 0 Å². The first-order valence-corrected chi connectivity index (χ1v) is 34.3. The van der Waals surface area contributed by atoms with E-state index in [0.717, 1.165) is 16.7 Å². The number of allylic oxidation sites excluding steroid dienone is 4. The average molecular weight is 747 g/mol. The molecule has 4 rings (SSSR count). The molecule has 0 atom stereocenters. The van der Waals surface area contributed by atoms with Crippen molar-refractivity contribution < 1.29 is 21.7 Å². The minimum absolute atomic E-state index is 0. The Kier molecular flexibility index (Phi) is 17.4. The van der Waals surface area contributed by atoms with Crippen molar-refractivity contribution in [1.29, 1.82) is 0 Å². The fourth-order valence-corrected chi connectivity index (χ4v) is 33.2. The second-order valence-electron chi connectivity index (χ2n) is 17.7. The molecule has 0 radical (unpaired) electrons. The predicted octanol–water partition coefficient (Wildman–Crippen LogP) is 13.2. The molecule has 0 spiro atoms. The van der Waals surface area contributed by atoms with Crippen LogP contribution in [0.3, 0.4) is 0 Å². The zero-order valence-electron chi connectivity index (χ0n) is 32.8. The second-order valence-corrected chi connectivity index (χ2v) is 43.7. The van der Waals surface area contributed by atoms with Crippen molar-refractivity contribution in [2.24, 2.45) is 0 Å². The van der Waals surface area contributed by atoms with Crippen LogP contribution in [0.4, 0.5) is 0 Å². The van der Waals surface area contributed by atoms with E-state index in [1.54, 1.807) is 5.20 Å². The van der Waals surface area contributed by atoms with Gasteiger partial charge in [0.2, 0.25) is 0 Å². The summed E-state index contributed by atoms with van der Waals surface area (Å²) in [5.74, 6) is 0. The molecule has 0 unspecified atom stereocenters. The molecular weight excluding hydrogens is 681 g/mol. The summed E-state index contributed by atoms with van der Waals surface area (Å²) in [4.78, 5) is 0. The third kappa shape index (κ3) is 13.4. The largest absolute Gasteiger partial charge is 4.00 e. The fraction of sp³-hybridized carbons (Fsp3) is 0.390. The van der Waals surface area contributed by atoms with Gasteiger partial charge in [-0.2, -0.15) is 79.1 Å². The van der Waals surface area contributed by atoms with Gasteiger partial charge in [0.1, 0.15) is 0 Å². The van der Waals surface area contributed by atoms with Crippen LogP contribution >= 0.6 is 0 Å². The zero-order chi connectivity index (χ0) is 35.8. The van der Waals surface area contributed by atoms with E-state index in [9.17, 15) is 0 Å². The summed E-state index contributed by atoms with van der Waals surface area (Å²) in [6, 6.07) is 29.6. The van der Waals surface area contributed by atoms with E-state index in [2.05, 4.69) is 125 Å².